The zero-order valence-electron chi connectivity index (χ0n) is 27.3. The Labute approximate surface area is 290 Å². The van der Waals surface area contributed by atoms with E-state index < -0.39 is 0 Å². The molecule has 50 heavy (non-hydrogen) atoms. The Kier molecular flexibility index (Phi) is 6.53. The lowest BCUT2D eigenvalue weighted by molar-refractivity contribution is 0.669. The summed E-state index contributed by atoms with van der Waals surface area (Å²) in [6, 6.07) is 67.5. The van der Waals surface area contributed by atoms with Crippen molar-refractivity contribution in [1.29, 1.82) is 0 Å². The van der Waals surface area contributed by atoms with Gasteiger partial charge >= 0.3 is 0 Å². The molecule has 234 valence electrons. The second kappa shape index (κ2) is 11.5. The molecule has 0 bridgehead atoms. The van der Waals surface area contributed by atoms with Crippen molar-refractivity contribution in [2.75, 3.05) is 4.90 Å². The fraction of sp³-hybridized carbons (Fsp3) is 0. The van der Waals surface area contributed by atoms with E-state index in [1.54, 1.807) is 0 Å². The quantitative estimate of drug-likeness (QED) is 0.175. The summed E-state index contributed by atoms with van der Waals surface area (Å²) in [4.78, 5) is 2.42. The number of anilines is 3. The highest BCUT2D eigenvalue weighted by Crippen LogP contribution is 2.48. The molecule has 0 aliphatic heterocycles. The molecule has 10 rings (SSSR count). The van der Waals surface area contributed by atoms with Crippen LogP contribution in [0.5, 0.6) is 0 Å². The van der Waals surface area contributed by atoms with E-state index in [9.17, 15) is 0 Å². The third-order valence-electron chi connectivity index (χ3n) is 10.0. The van der Waals surface area contributed by atoms with Gasteiger partial charge < -0.3 is 9.32 Å². The van der Waals surface area contributed by atoms with Crippen molar-refractivity contribution in [2.45, 2.75) is 0 Å². The number of rotatable bonds is 5. The number of nitrogens with zero attached hydrogens (tertiary/aromatic N) is 1. The lowest BCUT2D eigenvalue weighted by atomic mass is 9.94. The van der Waals surface area contributed by atoms with Crippen LogP contribution in [-0.4, -0.2) is 0 Å². The first kappa shape index (κ1) is 28.4. The van der Waals surface area contributed by atoms with Crippen LogP contribution < -0.4 is 4.90 Å². The normalized spacial score (nSPS) is 11.6. The van der Waals surface area contributed by atoms with Gasteiger partial charge in [0.15, 0.2) is 5.58 Å². The van der Waals surface area contributed by atoms with Crippen LogP contribution in [0.25, 0.3) is 76.5 Å². The van der Waals surface area contributed by atoms with Crippen LogP contribution in [0, 0.1) is 0 Å². The third-order valence-corrected chi connectivity index (χ3v) is 10.0. The fourth-order valence-corrected chi connectivity index (χ4v) is 7.76. The molecular formula is C48H31NO. The summed E-state index contributed by atoms with van der Waals surface area (Å²) >= 11 is 0. The Balaban J connectivity index is 1.27. The maximum Gasteiger partial charge on any atom is 0.159 e. The molecular weight excluding hydrogens is 607 g/mol. The van der Waals surface area contributed by atoms with Gasteiger partial charge in [0.2, 0.25) is 0 Å². The topological polar surface area (TPSA) is 16.4 Å². The largest absolute Gasteiger partial charge is 0.454 e. The molecule has 0 aliphatic carbocycles. The second-order valence-electron chi connectivity index (χ2n) is 12.9. The Morgan fingerprint density at radius 2 is 0.880 bits per heavy atom. The van der Waals surface area contributed by atoms with Crippen molar-refractivity contribution in [3.8, 4) is 22.3 Å². The van der Waals surface area contributed by atoms with Gasteiger partial charge in [-0.25, -0.2) is 0 Å². The van der Waals surface area contributed by atoms with Crippen molar-refractivity contribution >= 4 is 71.3 Å². The molecule has 1 heterocycles. The average Bonchev–Trinajstić information content (AvgIpc) is 3.58. The van der Waals surface area contributed by atoms with E-state index >= 15 is 0 Å². The van der Waals surface area contributed by atoms with Crippen molar-refractivity contribution in [3.63, 3.8) is 0 Å². The van der Waals surface area contributed by atoms with Crippen LogP contribution in [0.4, 0.5) is 17.1 Å². The number of furan rings is 1. The van der Waals surface area contributed by atoms with Gasteiger partial charge in [-0.1, -0.05) is 158 Å². The number of benzene rings is 9. The molecule has 10 aromatic rings. The van der Waals surface area contributed by atoms with Crippen LogP contribution >= 0.6 is 0 Å². The highest BCUT2D eigenvalue weighted by atomic mass is 16.3. The molecule has 0 aliphatic rings. The minimum absolute atomic E-state index is 0.866. The summed E-state index contributed by atoms with van der Waals surface area (Å²) < 4.78 is 6.73. The number of para-hydroxylation sites is 3. The summed E-state index contributed by atoms with van der Waals surface area (Å²) in [5.41, 5.74) is 9.64. The van der Waals surface area contributed by atoms with E-state index in [0.29, 0.717) is 0 Å². The van der Waals surface area contributed by atoms with Crippen molar-refractivity contribution in [1.82, 2.24) is 0 Å². The first-order valence-electron chi connectivity index (χ1n) is 17.1. The van der Waals surface area contributed by atoms with Gasteiger partial charge in [0.1, 0.15) is 5.58 Å². The van der Waals surface area contributed by atoms with Gasteiger partial charge in [-0.15, -0.1) is 0 Å². The Hall–Kier alpha value is -6.64. The monoisotopic (exact) mass is 637 g/mol. The van der Waals surface area contributed by atoms with Gasteiger partial charge in [0, 0.05) is 21.7 Å². The molecule has 0 spiro atoms. The first-order chi connectivity index (χ1) is 24.8. The summed E-state index contributed by atoms with van der Waals surface area (Å²) in [5.74, 6) is 0. The molecule has 2 heteroatoms. The number of fused-ring (bicyclic) bond motifs is 7. The van der Waals surface area contributed by atoms with Gasteiger partial charge in [0.25, 0.3) is 0 Å². The van der Waals surface area contributed by atoms with Crippen molar-refractivity contribution in [2.24, 2.45) is 0 Å². The molecule has 0 atom stereocenters. The number of hydrogen-bond acceptors (Lipinski definition) is 2. The fourth-order valence-electron chi connectivity index (χ4n) is 7.76. The Bertz CT molecular complexity index is 2890. The average molecular weight is 638 g/mol. The molecule has 0 N–H and O–H groups in total. The van der Waals surface area contributed by atoms with Crippen LogP contribution in [0.15, 0.2) is 192 Å². The van der Waals surface area contributed by atoms with Gasteiger partial charge in [0.05, 0.1) is 17.1 Å². The second-order valence-corrected chi connectivity index (χ2v) is 12.9. The SMILES string of the molecule is c1cc(-c2ccccc2N(c2cc3ccccc3c3ccccc23)c2cccc3c2oc2ccccc23)cc(-c2cccc3ccccc23)c1. The van der Waals surface area contributed by atoms with Crippen LogP contribution in [-0.2, 0) is 0 Å². The Morgan fingerprint density at radius 1 is 0.320 bits per heavy atom. The minimum atomic E-state index is 0.866. The predicted octanol–water partition coefficient (Wildman–Crippen LogP) is 13.8. The minimum Gasteiger partial charge on any atom is -0.454 e. The maximum atomic E-state index is 6.73. The van der Waals surface area contributed by atoms with E-state index in [-0.39, 0.29) is 0 Å². The summed E-state index contributed by atoms with van der Waals surface area (Å²) in [6.45, 7) is 0. The molecule has 0 amide bonds. The highest BCUT2D eigenvalue weighted by Gasteiger charge is 2.24. The van der Waals surface area contributed by atoms with Crippen molar-refractivity contribution < 1.29 is 4.42 Å². The maximum absolute atomic E-state index is 6.73. The van der Waals surface area contributed by atoms with Gasteiger partial charge in [-0.2, -0.15) is 0 Å². The molecule has 2 nitrogen and oxygen atoms in total. The summed E-state index contributed by atoms with van der Waals surface area (Å²) in [7, 11) is 0. The van der Waals surface area contributed by atoms with E-state index in [0.717, 1.165) is 50.1 Å². The smallest absolute Gasteiger partial charge is 0.159 e. The van der Waals surface area contributed by atoms with E-state index in [1.165, 1.54) is 43.4 Å². The lowest BCUT2D eigenvalue weighted by Gasteiger charge is -2.29. The van der Waals surface area contributed by atoms with E-state index in [1.807, 2.05) is 6.07 Å². The van der Waals surface area contributed by atoms with Gasteiger partial charge in [-0.3, -0.25) is 0 Å². The van der Waals surface area contributed by atoms with Crippen LogP contribution in [0.3, 0.4) is 0 Å². The third kappa shape index (κ3) is 4.50. The van der Waals surface area contributed by atoms with Gasteiger partial charge in [-0.05, 0) is 74.0 Å². The molecule has 0 saturated heterocycles. The highest BCUT2D eigenvalue weighted by molar-refractivity contribution is 6.17. The standard InChI is InChI=1S/C48H31NO/c1-3-19-36-32(14-1)16-12-25-37(36)33-17-11-18-34(30-33)39-21-7-9-27-44(39)49(45-28-13-26-43-42-24-8-10-29-47(42)50-48(43)45)46-31-35-15-2-4-20-38(35)40-22-5-6-23-41(40)46/h1-31H. The first-order valence-corrected chi connectivity index (χ1v) is 17.1. The molecule has 0 saturated carbocycles. The number of hydrogen-bond donors (Lipinski definition) is 0. The lowest BCUT2D eigenvalue weighted by Crippen LogP contribution is -2.12. The van der Waals surface area contributed by atoms with Crippen LogP contribution in [0.2, 0.25) is 0 Å². The molecule has 1 aromatic heterocycles. The molecule has 0 fully saturated rings. The predicted molar refractivity (Wildman–Crippen MR) is 212 cm³/mol. The van der Waals surface area contributed by atoms with Crippen molar-refractivity contribution in [3.05, 3.63) is 188 Å². The van der Waals surface area contributed by atoms with E-state index in [4.69, 9.17) is 4.42 Å². The zero-order chi connectivity index (χ0) is 33.0. The van der Waals surface area contributed by atoms with E-state index in [2.05, 4.69) is 187 Å². The summed E-state index contributed by atoms with van der Waals surface area (Å²) in [6.07, 6.45) is 0. The Morgan fingerprint density at radius 3 is 1.76 bits per heavy atom. The molecule has 0 radical (unpaired) electrons. The molecule has 9 aromatic carbocycles. The summed E-state index contributed by atoms with van der Waals surface area (Å²) in [5, 5.41) is 9.54. The zero-order valence-corrected chi connectivity index (χ0v) is 27.3. The molecule has 0 unspecified atom stereocenters. The van der Waals surface area contributed by atoms with Crippen LogP contribution in [0.1, 0.15) is 0 Å².